The number of benzene rings is 1. The van der Waals surface area contributed by atoms with Gasteiger partial charge in [-0.3, -0.25) is 9.59 Å². The van der Waals surface area contributed by atoms with Crippen molar-refractivity contribution in [3.8, 4) is 5.75 Å². The maximum absolute atomic E-state index is 12.1. The van der Waals surface area contributed by atoms with Gasteiger partial charge in [0.05, 0.1) is 30.7 Å². The fourth-order valence-corrected chi connectivity index (χ4v) is 2.47. The minimum absolute atomic E-state index is 0.135. The van der Waals surface area contributed by atoms with E-state index in [1.807, 2.05) is 65.8 Å². The molecule has 0 aliphatic heterocycles. The van der Waals surface area contributed by atoms with Crippen LogP contribution in [0.3, 0.4) is 0 Å². The van der Waals surface area contributed by atoms with Crippen molar-refractivity contribution in [1.29, 1.82) is 0 Å². The van der Waals surface area contributed by atoms with Crippen molar-refractivity contribution < 1.29 is 28.9 Å². The van der Waals surface area contributed by atoms with Crippen LogP contribution < -0.4 is 4.74 Å². The molecule has 1 aromatic carbocycles. The molecule has 0 aliphatic rings. The highest BCUT2D eigenvalue weighted by molar-refractivity contribution is 5.76. The third-order valence-corrected chi connectivity index (χ3v) is 6.27. The molecule has 1 atom stereocenters. The lowest BCUT2D eigenvalue weighted by atomic mass is 9.85. The Morgan fingerprint density at radius 3 is 1.77 bits per heavy atom. The minimum Gasteiger partial charge on any atom is -0.497 e. The molecule has 0 saturated heterocycles. The first-order valence-corrected chi connectivity index (χ1v) is 11.2. The Morgan fingerprint density at radius 2 is 1.42 bits per heavy atom. The van der Waals surface area contributed by atoms with Gasteiger partial charge in [-0.2, -0.15) is 0 Å². The first-order chi connectivity index (χ1) is 14.5. The summed E-state index contributed by atoms with van der Waals surface area (Å²) >= 11 is 0. The molecule has 0 fully saturated rings. The van der Waals surface area contributed by atoms with E-state index >= 15 is 0 Å². The minimum atomic E-state index is -0.687. The topological polar surface area (TPSA) is 82.1 Å². The van der Waals surface area contributed by atoms with Gasteiger partial charge in [-0.15, -0.1) is 0 Å². The molecule has 31 heavy (non-hydrogen) atoms. The van der Waals surface area contributed by atoms with Gasteiger partial charge in [-0.1, -0.05) is 39.8 Å². The highest BCUT2D eigenvalue weighted by atomic mass is 16.6. The van der Waals surface area contributed by atoms with E-state index in [0.29, 0.717) is 19.4 Å². The maximum Gasteiger partial charge on any atom is 0.311 e. The van der Waals surface area contributed by atoms with Gasteiger partial charge in [0.25, 0.3) is 0 Å². The maximum atomic E-state index is 12.1. The first kappa shape index (κ1) is 28.9. The van der Waals surface area contributed by atoms with Crippen LogP contribution >= 0.6 is 0 Å². The Kier molecular flexibility index (Phi) is 13.1. The van der Waals surface area contributed by atoms with Crippen LogP contribution in [0.2, 0.25) is 0 Å². The number of esters is 1. The van der Waals surface area contributed by atoms with E-state index < -0.39 is 16.8 Å². The van der Waals surface area contributed by atoms with Crippen molar-refractivity contribution >= 4 is 11.9 Å². The molecule has 0 aromatic heterocycles. The second-order valence-corrected chi connectivity index (χ2v) is 8.41. The van der Waals surface area contributed by atoms with Crippen molar-refractivity contribution in [2.24, 2.45) is 10.8 Å². The van der Waals surface area contributed by atoms with Crippen LogP contribution in [0.25, 0.3) is 0 Å². The van der Waals surface area contributed by atoms with Crippen molar-refractivity contribution in [2.75, 3.05) is 13.7 Å². The fourth-order valence-electron chi connectivity index (χ4n) is 2.47. The molecule has 1 N–H and O–H groups in total. The summed E-state index contributed by atoms with van der Waals surface area (Å²) in [6, 6.07) is 7.72. The Hall–Kier alpha value is -2.08. The summed E-state index contributed by atoms with van der Waals surface area (Å²) in [6.07, 6.45) is 2.84. The van der Waals surface area contributed by atoms with Crippen LogP contribution in [-0.2, 0) is 25.7 Å². The molecule has 0 radical (unpaired) electrons. The molecule has 0 heterocycles. The van der Waals surface area contributed by atoms with E-state index in [1.165, 1.54) is 0 Å². The van der Waals surface area contributed by atoms with Crippen molar-refractivity contribution in [3.63, 3.8) is 0 Å². The number of rotatable bonds is 12. The van der Waals surface area contributed by atoms with E-state index in [9.17, 15) is 9.59 Å². The van der Waals surface area contributed by atoms with Crippen molar-refractivity contribution in [1.82, 2.24) is 0 Å². The number of methoxy groups -OCH3 is 1. The van der Waals surface area contributed by atoms with Gasteiger partial charge >= 0.3 is 11.9 Å². The second kappa shape index (κ2) is 14.1. The summed E-state index contributed by atoms with van der Waals surface area (Å²) in [7, 11) is 1.64. The molecule has 0 aliphatic carbocycles. The Morgan fingerprint density at radius 1 is 0.935 bits per heavy atom. The zero-order valence-electron chi connectivity index (χ0n) is 20.6. The predicted octanol–water partition coefficient (Wildman–Crippen LogP) is 5.87. The molecule has 0 amide bonds. The van der Waals surface area contributed by atoms with Gasteiger partial charge in [-0.25, -0.2) is 0 Å². The van der Waals surface area contributed by atoms with Crippen LogP contribution in [-0.4, -0.2) is 36.9 Å². The van der Waals surface area contributed by atoms with E-state index in [2.05, 4.69) is 0 Å². The number of hydrogen-bond donors (Lipinski definition) is 1. The lowest BCUT2D eigenvalue weighted by molar-refractivity contribution is -0.159. The smallest absolute Gasteiger partial charge is 0.311 e. The van der Waals surface area contributed by atoms with E-state index in [0.717, 1.165) is 24.2 Å². The van der Waals surface area contributed by atoms with Crippen LogP contribution in [0, 0.1) is 10.8 Å². The van der Waals surface area contributed by atoms with Gasteiger partial charge in [0.2, 0.25) is 0 Å². The summed E-state index contributed by atoms with van der Waals surface area (Å²) in [6.45, 7) is 14.2. The van der Waals surface area contributed by atoms with Gasteiger partial charge < -0.3 is 19.3 Å². The molecule has 0 spiro atoms. The van der Waals surface area contributed by atoms with Crippen LogP contribution in [0.4, 0.5) is 0 Å². The molecule has 6 nitrogen and oxygen atoms in total. The third kappa shape index (κ3) is 9.72. The van der Waals surface area contributed by atoms with Crippen LogP contribution in [0.15, 0.2) is 24.3 Å². The standard InChI is InChI=1S/C18H28O4.C7H14O2/c1-6-18(4,7-2)17(19)22-12-14(3)21-13-15-8-10-16(20-5)11-9-15;1-4-7(3,5-2)6(8)9/h8-11,14H,6-7,12-13H2,1-5H3;4-5H2,1-3H3,(H,8,9). The molecule has 6 heteroatoms. The second-order valence-electron chi connectivity index (χ2n) is 8.41. The van der Waals surface area contributed by atoms with E-state index in [1.54, 1.807) is 14.0 Å². The van der Waals surface area contributed by atoms with Gasteiger partial charge in [0, 0.05) is 0 Å². The van der Waals surface area contributed by atoms with Crippen molar-refractivity contribution in [2.45, 2.75) is 86.9 Å². The van der Waals surface area contributed by atoms with E-state index in [-0.39, 0.29) is 18.7 Å². The number of carboxylic acids is 1. The highest BCUT2D eigenvalue weighted by Crippen LogP contribution is 2.27. The number of carbonyl (C=O) groups is 2. The molecule has 1 unspecified atom stereocenters. The molecular formula is C25H42O6. The monoisotopic (exact) mass is 438 g/mol. The van der Waals surface area contributed by atoms with Gasteiger partial charge in [0.15, 0.2) is 0 Å². The normalized spacial score (nSPS) is 12.4. The fraction of sp³-hybridized carbons (Fsp3) is 0.680. The summed E-state index contributed by atoms with van der Waals surface area (Å²) in [5, 5.41) is 8.63. The number of ether oxygens (including phenoxy) is 3. The molecule has 1 rings (SSSR count). The summed E-state index contributed by atoms with van der Waals surface area (Å²) in [5.74, 6) is -0.00552. The molecule has 0 bridgehead atoms. The molecular weight excluding hydrogens is 396 g/mol. The lowest BCUT2D eigenvalue weighted by Gasteiger charge is -2.25. The quantitative estimate of drug-likeness (QED) is 0.411. The Bertz CT molecular complexity index is 644. The molecule has 0 saturated carbocycles. The third-order valence-electron chi connectivity index (χ3n) is 6.27. The van der Waals surface area contributed by atoms with Crippen LogP contribution in [0.1, 0.15) is 79.7 Å². The SMILES string of the molecule is CCC(C)(CC)C(=O)O.CCC(C)(CC)C(=O)OCC(C)OCc1ccc(OC)cc1. The van der Waals surface area contributed by atoms with Gasteiger partial charge in [0.1, 0.15) is 12.4 Å². The zero-order valence-corrected chi connectivity index (χ0v) is 20.6. The lowest BCUT2D eigenvalue weighted by Crippen LogP contribution is -2.31. The molecule has 178 valence electrons. The average molecular weight is 439 g/mol. The zero-order chi connectivity index (χ0) is 24.1. The van der Waals surface area contributed by atoms with Crippen LogP contribution in [0.5, 0.6) is 5.75 Å². The summed E-state index contributed by atoms with van der Waals surface area (Å²) < 4.78 is 16.2. The predicted molar refractivity (Wildman–Crippen MR) is 123 cm³/mol. The summed E-state index contributed by atoms with van der Waals surface area (Å²) in [5.41, 5.74) is 0.168. The average Bonchev–Trinajstić information content (AvgIpc) is 2.80. The van der Waals surface area contributed by atoms with E-state index in [4.69, 9.17) is 19.3 Å². The summed E-state index contributed by atoms with van der Waals surface area (Å²) in [4.78, 5) is 22.6. The number of hydrogen-bond acceptors (Lipinski definition) is 5. The number of aliphatic carboxylic acids is 1. The first-order valence-electron chi connectivity index (χ1n) is 11.2. The van der Waals surface area contributed by atoms with Gasteiger partial charge in [-0.05, 0) is 64.2 Å². The Labute approximate surface area is 188 Å². The number of carbonyl (C=O) groups excluding carboxylic acids is 1. The highest BCUT2D eigenvalue weighted by Gasteiger charge is 2.31. The Balaban J connectivity index is 0.000000842. The largest absolute Gasteiger partial charge is 0.497 e. The van der Waals surface area contributed by atoms with Crippen molar-refractivity contribution in [3.05, 3.63) is 29.8 Å². The number of carboxylic acid groups (broad SMARTS) is 1. The molecule has 1 aromatic rings.